The zero-order valence-corrected chi connectivity index (χ0v) is 11.0. The van der Waals surface area contributed by atoms with Gasteiger partial charge in [0.1, 0.15) is 11.8 Å². The van der Waals surface area contributed by atoms with Crippen molar-refractivity contribution >= 4 is 11.6 Å². The number of methoxy groups -OCH3 is 1. The number of anilines is 1. The molecule has 0 aliphatic carbocycles. The maximum Gasteiger partial charge on any atom is 0.246 e. The summed E-state index contributed by atoms with van der Waals surface area (Å²) in [6, 6.07) is 6.22. The third kappa shape index (κ3) is 3.21. The summed E-state index contributed by atoms with van der Waals surface area (Å²) < 4.78 is 5.06. The van der Waals surface area contributed by atoms with Crippen LogP contribution in [0.1, 0.15) is 13.8 Å². The van der Waals surface area contributed by atoms with E-state index in [1.165, 1.54) is 11.8 Å². The molecule has 0 saturated heterocycles. The van der Waals surface area contributed by atoms with Crippen LogP contribution in [0.5, 0.6) is 5.75 Å². The van der Waals surface area contributed by atoms with E-state index in [9.17, 15) is 9.90 Å². The van der Waals surface area contributed by atoms with Crippen molar-refractivity contribution in [2.75, 3.05) is 18.6 Å². The van der Waals surface area contributed by atoms with Gasteiger partial charge in [-0.05, 0) is 38.1 Å². The second kappa shape index (κ2) is 6.37. The van der Waals surface area contributed by atoms with Crippen LogP contribution in [0.2, 0.25) is 0 Å². The summed E-state index contributed by atoms with van der Waals surface area (Å²) in [6.07, 6.45) is -0.871. The molecule has 0 aliphatic heterocycles. The number of nitrogens with two attached hydrogens (primary N) is 1. The lowest BCUT2D eigenvalue weighted by molar-refractivity contribution is -0.121. The van der Waals surface area contributed by atoms with Gasteiger partial charge in [0, 0.05) is 12.2 Å². The molecule has 18 heavy (non-hydrogen) atoms. The molecule has 2 atom stereocenters. The summed E-state index contributed by atoms with van der Waals surface area (Å²) >= 11 is 0. The first kappa shape index (κ1) is 14.5. The average Bonchev–Trinajstić information content (AvgIpc) is 2.39. The lowest BCUT2D eigenvalue weighted by Gasteiger charge is -2.25. The molecule has 1 aromatic rings. The molecule has 3 N–H and O–H groups in total. The number of carbonyl (C=O) groups excluding carboxylic acids is 1. The third-order valence-corrected chi connectivity index (χ3v) is 2.77. The van der Waals surface area contributed by atoms with Gasteiger partial charge in [-0.2, -0.15) is 0 Å². The van der Waals surface area contributed by atoms with Gasteiger partial charge in [0.05, 0.1) is 13.2 Å². The molecule has 1 amide bonds. The number of aliphatic hydroxyl groups excluding tert-OH is 1. The van der Waals surface area contributed by atoms with E-state index >= 15 is 0 Å². The van der Waals surface area contributed by atoms with Crippen molar-refractivity contribution in [3.05, 3.63) is 24.3 Å². The van der Waals surface area contributed by atoms with Gasteiger partial charge in [-0.15, -0.1) is 0 Å². The van der Waals surface area contributed by atoms with E-state index in [0.29, 0.717) is 6.54 Å². The number of hydrogen-bond donors (Lipinski definition) is 2. The van der Waals surface area contributed by atoms with E-state index in [0.717, 1.165) is 11.4 Å². The van der Waals surface area contributed by atoms with Crippen molar-refractivity contribution in [2.45, 2.75) is 26.0 Å². The average molecular weight is 252 g/mol. The SMILES string of the molecule is CCN(C(=O)[C@H](N)[C@H](C)O)c1ccc(OC)cc1. The maximum atomic E-state index is 12.1. The zero-order valence-electron chi connectivity index (χ0n) is 11.0. The summed E-state index contributed by atoms with van der Waals surface area (Å²) in [5.74, 6) is 0.430. The Bertz CT molecular complexity index is 390. The van der Waals surface area contributed by atoms with Crippen LogP contribution in [-0.2, 0) is 4.79 Å². The number of rotatable bonds is 5. The predicted octanol–water partition coefficient (Wildman–Crippen LogP) is 0.756. The van der Waals surface area contributed by atoms with E-state index in [1.54, 1.807) is 31.4 Å². The van der Waals surface area contributed by atoms with Crippen LogP contribution in [0.15, 0.2) is 24.3 Å². The summed E-state index contributed by atoms with van der Waals surface area (Å²) in [5.41, 5.74) is 6.40. The molecule has 0 unspecified atom stereocenters. The number of nitrogens with zero attached hydrogens (tertiary/aromatic N) is 1. The van der Waals surface area contributed by atoms with Crippen LogP contribution >= 0.6 is 0 Å². The third-order valence-electron chi connectivity index (χ3n) is 2.77. The highest BCUT2D eigenvalue weighted by molar-refractivity contribution is 5.97. The number of aliphatic hydroxyl groups is 1. The monoisotopic (exact) mass is 252 g/mol. The lowest BCUT2D eigenvalue weighted by atomic mass is 10.1. The molecular weight excluding hydrogens is 232 g/mol. The van der Waals surface area contributed by atoms with Gasteiger partial charge in [-0.1, -0.05) is 0 Å². The Morgan fingerprint density at radius 3 is 2.39 bits per heavy atom. The summed E-state index contributed by atoms with van der Waals surface area (Å²) in [4.78, 5) is 13.6. The number of amides is 1. The molecule has 100 valence electrons. The largest absolute Gasteiger partial charge is 0.497 e. The van der Waals surface area contributed by atoms with E-state index in [-0.39, 0.29) is 5.91 Å². The maximum absolute atomic E-state index is 12.1. The topological polar surface area (TPSA) is 75.8 Å². The molecule has 1 aromatic carbocycles. The highest BCUT2D eigenvalue weighted by Crippen LogP contribution is 2.19. The van der Waals surface area contributed by atoms with Gasteiger partial charge in [0.15, 0.2) is 0 Å². The molecular formula is C13H20N2O3. The van der Waals surface area contributed by atoms with Crippen molar-refractivity contribution in [1.29, 1.82) is 0 Å². The van der Waals surface area contributed by atoms with E-state index < -0.39 is 12.1 Å². The summed E-state index contributed by atoms with van der Waals surface area (Å²) in [6.45, 7) is 3.85. The molecule has 0 spiro atoms. The molecule has 0 aliphatic rings. The number of ether oxygens (including phenoxy) is 1. The van der Waals surface area contributed by atoms with Gasteiger partial charge in [-0.3, -0.25) is 4.79 Å². The quantitative estimate of drug-likeness (QED) is 0.811. The van der Waals surface area contributed by atoms with Crippen molar-refractivity contribution in [1.82, 2.24) is 0 Å². The van der Waals surface area contributed by atoms with Gasteiger partial charge >= 0.3 is 0 Å². The molecule has 0 radical (unpaired) electrons. The summed E-state index contributed by atoms with van der Waals surface area (Å²) in [7, 11) is 1.58. The molecule has 0 fully saturated rings. The number of carbonyl (C=O) groups is 1. The molecule has 1 rings (SSSR count). The first-order chi connectivity index (χ1) is 8.51. The highest BCUT2D eigenvalue weighted by Gasteiger charge is 2.24. The van der Waals surface area contributed by atoms with Crippen molar-refractivity contribution in [3.63, 3.8) is 0 Å². The minimum Gasteiger partial charge on any atom is -0.497 e. The van der Waals surface area contributed by atoms with Gasteiger partial charge < -0.3 is 20.5 Å². The van der Waals surface area contributed by atoms with E-state index in [4.69, 9.17) is 10.5 Å². The fourth-order valence-corrected chi connectivity index (χ4v) is 1.61. The van der Waals surface area contributed by atoms with E-state index in [1.807, 2.05) is 6.92 Å². The smallest absolute Gasteiger partial charge is 0.246 e. The Balaban J connectivity index is 2.91. The van der Waals surface area contributed by atoms with Crippen molar-refractivity contribution < 1.29 is 14.6 Å². The Hall–Kier alpha value is -1.59. The van der Waals surface area contributed by atoms with Crippen LogP contribution in [0.25, 0.3) is 0 Å². The molecule has 0 heterocycles. The molecule has 0 aromatic heterocycles. The Kier molecular flexibility index (Phi) is 5.12. The first-order valence-corrected chi connectivity index (χ1v) is 5.90. The van der Waals surface area contributed by atoms with Crippen LogP contribution in [0.3, 0.4) is 0 Å². The van der Waals surface area contributed by atoms with Crippen LogP contribution in [0.4, 0.5) is 5.69 Å². The van der Waals surface area contributed by atoms with Crippen molar-refractivity contribution in [2.24, 2.45) is 5.73 Å². The van der Waals surface area contributed by atoms with Crippen LogP contribution in [-0.4, -0.2) is 36.8 Å². The highest BCUT2D eigenvalue weighted by atomic mass is 16.5. The Labute approximate surface area is 107 Å². The van der Waals surface area contributed by atoms with Crippen molar-refractivity contribution in [3.8, 4) is 5.75 Å². The predicted molar refractivity (Wildman–Crippen MR) is 70.7 cm³/mol. The molecule has 5 nitrogen and oxygen atoms in total. The number of hydrogen-bond acceptors (Lipinski definition) is 4. The molecule has 0 bridgehead atoms. The van der Waals surface area contributed by atoms with Gasteiger partial charge in [0.25, 0.3) is 0 Å². The van der Waals surface area contributed by atoms with Crippen LogP contribution < -0.4 is 15.4 Å². The Morgan fingerprint density at radius 1 is 1.44 bits per heavy atom. The second-order valence-corrected chi connectivity index (χ2v) is 4.05. The molecule has 0 saturated carbocycles. The first-order valence-electron chi connectivity index (χ1n) is 5.90. The number of likely N-dealkylation sites (N-methyl/N-ethyl adjacent to an activating group) is 1. The second-order valence-electron chi connectivity index (χ2n) is 4.05. The van der Waals surface area contributed by atoms with E-state index in [2.05, 4.69) is 0 Å². The van der Waals surface area contributed by atoms with Gasteiger partial charge in [-0.25, -0.2) is 0 Å². The standard InChI is InChI=1S/C13H20N2O3/c1-4-15(13(17)12(14)9(2)16)10-5-7-11(18-3)8-6-10/h5-9,12,16H,4,14H2,1-3H3/t9-,12+/m0/s1. The zero-order chi connectivity index (χ0) is 13.7. The fraction of sp³-hybridized carbons (Fsp3) is 0.462. The normalized spacial score (nSPS) is 13.8. The summed E-state index contributed by atoms with van der Waals surface area (Å²) in [5, 5.41) is 9.37. The lowest BCUT2D eigenvalue weighted by Crippen LogP contribution is -2.49. The Morgan fingerprint density at radius 2 is 2.00 bits per heavy atom. The molecule has 5 heteroatoms. The number of benzene rings is 1. The van der Waals surface area contributed by atoms with Gasteiger partial charge in [0.2, 0.25) is 5.91 Å². The minimum atomic E-state index is -0.910. The minimum absolute atomic E-state index is 0.294. The fourth-order valence-electron chi connectivity index (χ4n) is 1.61. The van der Waals surface area contributed by atoms with Crippen LogP contribution in [0, 0.1) is 0 Å².